The van der Waals surface area contributed by atoms with Gasteiger partial charge in [-0.3, -0.25) is 0 Å². The molecule has 1 saturated carbocycles. The third kappa shape index (κ3) is 2.26. The maximum Gasteiger partial charge on any atom is 0.410 e. The Kier molecular flexibility index (Phi) is 3.08. The molecule has 2 unspecified atom stereocenters. The van der Waals surface area contributed by atoms with Crippen LogP contribution in [0.25, 0.3) is 0 Å². The van der Waals surface area contributed by atoms with Crippen molar-refractivity contribution in [2.45, 2.75) is 44.9 Å². The predicted octanol–water partition coefficient (Wildman–Crippen LogP) is 0.595. The highest BCUT2D eigenvalue weighted by molar-refractivity contribution is 5.69. The first-order valence-electron chi connectivity index (χ1n) is 6.12. The van der Waals surface area contributed by atoms with Crippen molar-refractivity contribution in [3.8, 4) is 0 Å². The highest BCUT2D eigenvalue weighted by Crippen LogP contribution is 2.48. The number of carbonyl (C=O) groups is 1. The van der Waals surface area contributed by atoms with Crippen LogP contribution in [0.4, 0.5) is 4.79 Å². The Bertz CT molecular complexity index is 312. The first kappa shape index (κ1) is 12.6. The molecule has 0 aromatic rings. The monoisotopic (exact) mass is 243 g/mol. The Balaban J connectivity index is 1.96. The molecule has 17 heavy (non-hydrogen) atoms. The van der Waals surface area contributed by atoms with Gasteiger partial charge in [0.1, 0.15) is 5.60 Å². The quantitative estimate of drug-likeness (QED) is 0.745. The van der Waals surface area contributed by atoms with Gasteiger partial charge in [-0.05, 0) is 33.1 Å². The molecule has 3 rings (SSSR count). The van der Waals surface area contributed by atoms with Crippen LogP contribution in [0.15, 0.2) is 0 Å². The standard InChI is InChI=1S/C12H21NO4/c1-12(2,3)17-11(16)13-5-7-4-8(13)10(7)9(15)6-14/h7-10,14-15H,4-6H2,1-3H3/t7-,8-,9?,10?/m0/s1. The van der Waals surface area contributed by atoms with Crippen molar-refractivity contribution in [1.82, 2.24) is 4.90 Å². The highest BCUT2D eigenvalue weighted by Gasteiger charge is 2.56. The minimum Gasteiger partial charge on any atom is -0.444 e. The van der Waals surface area contributed by atoms with Gasteiger partial charge in [0, 0.05) is 18.5 Å². The zero-order valence-corrected chi connectivity index (χ0v) is 10.6. The molecule has 5 heteroatoms. The van der Waals surface area contributed by atoms with Crippen molar-refractivity contribution in [3.05, 3.63) is 0 Å². The van der Waals surface area contributed by atoms with E-state index in [1.54, 1.807) is 4.90 Å². The Morgan fingerprint density at radius 1 is 1.53 bits per heavy atom. The first-order chi connectivity index (χ1) is 7.83. The minimum absolute atomic E-state index is 0.0209. The normalized spacial score (nSPS) is 33.2. The number of carbonyl (C=O) groups excluding carboxylic acids is 1. The van der Waals surface area contributed by atoms with E-state index in [4.69, 9.17) is 9.84 Å². The molecule has 0 radical (unpaired) electrons. The third-order valence-electron chi connectivity index (χ3n) is 3.62. The predicted molar refractivity (Wildman–Crippen MR) is 61.4 cm³/mol. The lowest BCUT2D eigenvalue weighted by molar-refractivity contribution is -0.0265. The number of amides is 1. The summed E-state index contributed by atoms with van der Waals surface area (Å²) >= 11 is 0. The Morgan fingerprint density at radius 3 is 2.71 bits per heavy atom. The molecule has 0 aromatic heterocycles. The molecular weight excluding hydrogens is 222 g/mol. The lowest BCUT2D eigenvalue weighted by Gasteiger charge is -2.39. The minimum atomic E-state index is -0.716. The van der Waals surface area contributed by atoms with Gasteiger partial charge in [0.15, 0.2) is 0 Å². The molecule has 2 bridgehead atoms. The van der Waals surface area contributed by atoms with Crippen molar-refractivity contribution in [1.29, 1.82) is 0 Å². The van der Waals surface area contributed by atoms with Crippen molar-refractivity contribution in [3.63, 3.8) is 0 Å². The van der Waals surface area contributed by atoms with E-state index in [-0.39, 0.29) is 24.7 Å². The van der Waals surface area contributed by atoms with Crippen LogP contribution in [0.2, 0.25) is 0 Å². The van der Waals surface area contributed by atoms with Gasteiger partial charge < -0.3 is 19.8 Å². The molecule has 2 N–H and O–H groups in total. The SMILES string of the molecule is CC(C)(C)OC(=O)N1C[C@@H]2C[C@H]1C2C(O)CO. The summed E-state index contributed by atoms with van der Waals surface area (Å²) in [6.45, 7) is 5.92. The summed E-state index contributed by atoms with van der Waals surface area (Å²) in [5, 5.41) is 18.6. The summed E-state index contributed by atoms with van der Waals surface area (Å²) in [7, 11) is 0. The zero-order chi connectivity index (χ0) is 12.8. The second-order valence-electron chi connectivity index (χ2n) is 6.02. The summed E-state index contributed by atoms with van der Waals surface area (Å²) in [6.07, 6.45) is -0.107. The average molecular weight is 243 g/mol. The maximum absolute atomic E-state index is 11.9. The van der Waals surface area contributed by atoms with Gasteiger partial charge in [0.25, 0.3) is 0 Å². The van der Waals surface area contributed by atoms with Gasteiger partial charge in [-0.2, -0.15) is 0 Å². The number of fused-ring (bicyclic) bond motifs is 1. The largest absolute Gasteiger partial charge is 0.444 e. The second kappa shape index (κ2) is 4.14. The number of hydrogen-bond donors (Lipinski definition) is 2. The number of ether oxygens (including phenoxy) is 1. The second-order valence-corrected chi connectivity index (χ2v) is 6.02. The lowest BCUT2D eigenvalue weighted by Crippen LogP contribution is -2.48. The number of nitrogens with zero attached hydrogens (tertiary/aromatic N) is 1. The summed E-state index contributed by atoms with van der Waals surface area (Å²) in [5.74, 6) is 0.335. The van der Waals surface area contributed by atoms with Crippen molar-refractivity contribution in [2.75, 3.05) is 13.2 Å². The first-order valence-corrected chi connectivity index (χ1v) is 6.12. The van der Waals surface area contributed by atoms with Crippen LogP contribution in [0.1, 0.15) is 27.2 Å². The molecule has 1 aliphatic carbocycles. The van der Waals surface area contributed by atoms with Crippen LogP contribution in [-0.2, 0) is 4.74 Å². The van der Waals surface area contributed by atoms with E-state index in [0.29, 0.717) is 12.5 Å². The molecule has 4 atom stereocenters. The van der Waals surface area contributed by atoms with E-state index in [1.165, 1.54) is 0 Å². The van der Waals surface area contributed by atoms with Crippen molar-refractivity contribution in [2.24, 2.45) is 11.8 Å². The van der Waals surface area contributed by atoms with Crippen LogP contribution >= 0.6 is 0 Å². The molecule has 0 aromatic carbocycles. The van der Waals surface area contributed by atoms with E-state index < -0.39 is 11.7 Å². The summed E-state index contributed by atoms with van der Waals surface area (Å²) < 4.78 is 5.32. The third-order valence-corrected chi connectivity index (χ3v) is 3.62. The lowest BCUT2D eigenvalue weighted by atomic mass is 9.71. The number of aliphatic hydroxyl groups is 2. The molecule has 1 amide bonds. The summed E-state index contributed by atoms with van der Waals surface area (Å²) in [4.78, 5) is 13.6. The van der Waals surface area contributed by atoms with Crippen molar-refractivity contribution < 1.29 is 19.7 Å². The fraction of sp³-hybridized carbons (Fsp3) is 0.917. The molecule has 5 nitrogen and oxygen atoms in total. The van der Waals surface area contributed by atoms with Gasteiger partial charge in [-0.15, -0.1) is 0 Å². The Labute approximate surface area is 101 Å². The van der Waals surface area contributed by atoms with Crippen LogP contribution in [-0.4, -0.2) is 52.1 Å². The van der Waals surface area contributed by atoms with Gasteiger partial charge >= 0.3 is 6.09 Å². The van der Waals surface area contributed by atoms with Gasteiger partial charge in [0.2, 0.25) is 0 Å². The van der Waals surface area contributed by atoms with Crippen LogP contribution in [0.3, 0.4) is 0 Å². The van der Waals surface area contributed by atoms with Crippen molar-refractivity contribution >= 4 is 6.09 Å². The zero-order valence-electron chi connectivity index (χ0n) is 10.6. The molecule has 2 heterocycles. The van der Waals surface area contributed by atoms with Gasteiger partial charge in [-0.1, -0.05) is 0 Å². The summed E-state index contributed by atoms with van der Waals surface area (Å²) in [6, 6.07) is 0.0389. The van der Waals surface area contributed by atoms with E-state index in [0.717, 1.165) is 6.42 Å². The van der Waals surface area contributed by atoms with E-state index in [1.807, 2.05) is 20.8 Å². The smallest absolute Gasteiger partial charge is 0.410 e. The Morgan fingerprint density at radius 2 is 2.18 bits per heavy atom. The number of rotatable bonds is 2. The van der Waals surface area contributed by atoms with Crippen LogP contribution < -0.4 is 0 Å². The topological polar surface area (TPSA) is 70.0 Å². The molecule has 2 saturated heterocycles. The Hall–Kier alpha value is -0.810. The summed E-state index contributed by atoms with van der Waals surface area (Å²) in [5.41, 5.74) is -0.491. The van der Waals surface area contributed by atoms with E-state index in [9.17, 15) is 9.90 Å². The molecule has 3 fully saturated rings. The fourth-order valence-electron chi connectivity index (χ4n) is 2.88. The molecule has 98 valence electrons. The average Bonchev–Trinajstić information content (AvgIpc) is 2.71. The highest BCUT2D eigenvalue weighted by atomic mass is 16.6. The van der Waals surface area contributed by atoms with Gasteiger partial charge in [-0.25, -0.2) is 4.79 Å². The molecule has 2 aliphatic heterocycles. The molecule has 3 aliphatic rings. The van der Waals surface area contributed by atoms with E-state index >= 15 is 0 Å². The van der Waals surface area contributed by atoms with E-state index in [2.05, 4.69) is 0 Å². The van der Waals surface area contributed by atoms with Gasteiger partial charge in [0.05, 0.1) is 12.7 Å². The number of aliphatic hydroxyl groups excluding tert-OH is 2. The maximum atomic E-state index is 11.9. The molecule has 0 spiro atoms. The fourth-order valence-corrected chi connectivity index (χ4v) is 2.88. The molecular formula is C12H21NO4. The van der Waals surface area contributed by atoms with Crippen LogP contribution in [0, 0.1) is 11.8 Å². The number of hydrogen-bond acceptors (Lipinski definition) is 4. The van der Waals surface area contributed by atoms with Crippen LogP contribution in [0.5, 0.6) is 0 Å².